The summed E-state index contributed by atoms with van der Waals surface area (Å²) in [6.07, 6.45) is 0.485. The molecule has 0 aliphatic heterocycles. The van der Waals surface area contributed by atoms with Gasteiger partial charge in [0.15, 0.2) is 0 Å². The molecule has 0 aromatic carbocycles. The van der Waals surface area contributed by atoms with E-state index in [2.05, 4.69) is 16.1 Å². The van der Waals surface area contributed by atoms with Crippen molar-refractivity contribution in [2.75, 3.05) is 33.5 Å². The lowest BCUT2D eigenvalue weighted by molar-refractivity contribution is -0.139. The van der Waals surface area contributed by atoms with Gasteiger partial charge in [0.25, 0.3) is 0 Å². The lowest BCUT2D eigenvalue weighted by Gasteiger charge is -2.00. The van der Waals surface area contributed by atoms with Crippen molar-refractivity contribution in [3.8, 4) is 0 Å². The number of carbonyl (C=O) groups excluding carboxylic acids is 1. The molecular formula is C10H20O5. The van der Waals surface area contributed by atoms with Gasteiger partial charge < -0.3 is 19.7 Å². The fourth-order valence-corrected chi connectivity index (χ4v) is 0.444. The van der Waals surface area contributed by atoms with Gasteiger partial charge in [-0.2, -0.15) is 0 Å². The van der Waals surface area contributed by atoms with Crippen LogP contribution in [-0.2, 0) is 14.3 Å². The molecule has 0 bridgehead atoms. The van der Waals surface area contributed by atoms with Gasteiger partial charge in [0.1, 0.15) is 0 Å². The molecule has 15 heavy (non-hydrogen) atoms. The van der Waals surface area contributed by atoms with Crippen LogP contribution in [0.5, 0.6) is 0 Å². The molecule has 0 saturated carbocycles. The molecule has 0 aliphatic rings. The van der Waals surface area contributed by atoms with Crippen LogP contribution in [0.3, 0.4) is 0 Å². The van der Waals surface area contributed by atoms with Crippen LogP contribution in [0.15, 0.2) is 12.2 Å². The molecule has 0 aliphatic carbocycles. The van der Waals surface area contributed by atoms with Crippen LogP contribution in [0.1, 0.15) is 13.3 Å². The van der Waals surface area contributed by atoms with Crippen molar-refractivity contribution < 1.29 is 24.5 Å². The molecule has 0 amide bonds. The average molecular weight is 220 g/mol. The summed E-state index contributed by atoms with van der Waals surface area (Å²) < 4.78 is 9.09. The molecule has 0 spiro atoms. The Bertz CT molecular complexity index is 165. The Kier molecular flexibility index (Phi) is 14.4. The summed E-state index contributed by atoms with van der Waals surface area (Å²) in [5.74, 6) is -0.395. The summed E-state index contributed by atoms with van der Waals surface area (Å²) in [5, 5.41) is 16.2. The third kappa shape index (κ3) is 15.8. The number of aliphatic hydroxyl groups is 2. The van der Waals surface area contributed by atoms with E-state index in [1.54, 1.807) is 14.0 Å². The largest absolute Gasteiger partial charge is 0.462 e. The smallest absolute Gasteiger partial charge is 0.333 e. The molecule has 2 N–H and O–H groups in total. The lowest BCUT2D eigenvalue weighted by atomic mass is 10.4. The summed E-state index contributed by atoms with van der Waals surface area (Å²) in [6.45, 7) is 5.86. The van der Waals surface area contributed by atoms with Gasteiger partial charge in [-0.1, -0.05) is 6.58 Å². The van der Waals surface area contributed by atoms with Crippen molar-refractivity contribution in [3.63, 3.8) is 0 Å². The Morgan fingerprint density at radius 1 is 1.27 bits per heavy atom. The van der Waals surface area contributed by atoms with Crippen LogP contribution in [0.4, 0.5) is 0 Å². The van der Waals surface area contributed by atoms with Crippen molar-refractivity contribution in [2.45, 2.75) is 13.3 Å². The Labute approximate surface area is 90.3 Å². The number of carbonyl (C=O) groups is 1. The quantitative estimate of drug-likeness (QED) is 0.377. The normalized spacial score (nSPS) is 8.80. The second kappa shape index (κ2) is 13.1. The number of ether oxygens (including phenoxy) is 2. The van der Waals surface area contributed by atoms with Crippen LogP contribution in [0.25, 0.3) is 0 Å². The van der Waals surface area contributed by atoms with Crippen LogP contribution < -0.4 is 0 Å². The van der Waals surface area contributed by atoms with Gasteiger partial charge in [-0.15, -0.1) is 0 Å². The van der Waals surface area contributed by atoms with Gasteiger partial charge in [0, 0.05) is 25.7 Å². The second-order valence-electron chi connectivity index (χ2n) is 2.71. The highest BCUT2D eigenvalue weighted by Crippen LogP contribution is 1.92. The highest BCUT2D eigenvalue weighted by Gasteiger charge is 2.00. The minimum absolute atomic E-state index is 0.0451. The van der Waals surface area contributed by atoms with Crippen molar-refractivity contribution in [1.82, 2.24) is 0 Å². The van der Waals surface area contributed by atoms with Crippen LogP contribution >= 0.6 is 0 Å². The maximum Gasteiger partial charge on any atom is 0.333 e. The van der Waals surface area contributed by atoms with E-state index in [0.717, 1.165) is 0 Å². The zero-order valence-electron chi connectivity index (χ0n) is 9.36. The van der Waals surface area contributed by atoms with Gasteiger partial charge >= 0.3 is 5.97 Å². The summed E-state index contributed by atoms with van der Waals surface area (Å²) in [6, 6.07) is 0. The number of aliphatic hydroxyl groups excluding tert-OH is 2. The first-order valence-corrected chi connectivity index (χ1v) is 4.63. The predicted molar refractivity (Wildman–Crippen MR) is 56.4 cm³/mol. The van der Waals surface area contributed by atoms with E-state index in [1.165, 1.54) is 0 Å². The maximum atomic E-state index is 10.6. The first-order chi connectivity index (χ1) is 7.09. The molecule has 5 nitrogen and oxygen atoms in total. The topological polar surface area (TPSA) is 76.0 Å². The molecule has 0 aromatic rings. The van der Waals surface area contributed by atoms with Crippen LogP contribution in [-0.4, -0.2) is 49.7 Å². The molecule has 0 radical (unpaired) electrons. The standard InChI is InChI=1S/C7H12O3.C3H8O2/c1-6(2)7(9)10-5-3-4-8;1-5-3-2-4/h8H,1,3-5H2,2H3;4H,2-3H2,1H3. The van der Waals surface area contributed by atoms with Crippen molar-refractivity contribution in [1.29, 1.82) is 0 Å². The van der Waals surface area contributed by atoms with Gasteiger partial charge in [0.05, 0.1) is 19.8 Å². The lowest BCUT2D eigenvalue weighted by Crippen LogP contribution is -2.06. The van der Waals surface area contributed by atoms with Crippen LogP contribution in [0.2, 0.25) is 0 Å². The third-order valence-electron chi connectivity index (χ3n) is 1.18. The van der Waals surface area contributed by atoms with Crippen LogP contribution in [0, 0.1) is 0 Å². The molecular weight excluding hydrogens is 200 g/mol. The minimum atomic E-state index is -0.395. The van der Waals surface area contributed by atoms with Gasteiger partial charge in [-0.25, -0.2) is 4.79 Å². The summed E-state index contributed by atoms with van der Waals surface area (Å²) in [5.41, 5.74) is 0.387. The van der Waals surface area contributed by atoms with Gasteiger partial charge in [-0.05, 0) is 6.92 Å². The van der Waals surface area contributed by atoms with Crippen molar-refractivity contribution >= 4 is 5.97 Å². The van der Waals surface area contributed by atoms with Gasteiger partial charge in [0.2, 0.25) is 0 Å². The number of rotatable bonds is 6. The Hall–Kier alpha value is -0.910. The molecule has 0 unspecified atom stereocenters. The SMILES string of the molecule is C=C(C)C(=O)OCCCO.COCCO. The fraction of sp³-hybridized carbons (Fsp3) is 0.700. The maximum absolute atomic E-state index is 10.6. The molecule has 90 valence electrons. The molecule has 0 atom stereocenters. The monoisotopic (exact) mass is 220 g/mol. The molecule has 0 fully saturated rings. The Balaban J connectivity index is 0. The Morgan fingerprint density at radius 3 is 2.13 bits per heavy atom. The zero-order chi connectivity index (χ0) is 12.1. The van der Waals surface area contributed by atoms with E-state index in [-0.39, 0.29) is 19.8 Å². The summed E-state index contributed by atoms with van der Waals surface area (Å²) in [4.78, 5) is 10.6. The Morgan fingerprint density at radius 2 is 1.87 bits per heavy atom. The van der Waals surface area contributed by atoms with E-state index < -0.39 is 5.97 Å². The summed E-state index contributed by atoms with van der Waals surface area (Å²) in [7, 11) is 1.55. The zero-order valence-corrected chi connectivity index (χ0v) is 9.36. The highest BCUT2D eigenvalue weighted by atomic mass is 16.5. The van der Waals surface area contributed by atoms with E-state index in [9.17, 15) is 4.79 Å². The molecule has 5 heteroatoms. The first-order valence-electron chi connectivity index (χ1n) is 4.63. The highest BCUT2D eigenvalue weighted by molar-refractivity contribution is 5.86. The minimum Gasteiger partial charge on any atom is -0.462 e. The third-order valence-corrected chi connectivity index (χ3v) is 1.18. The van der Waals surface area contributed by atoms with E-state index in [1.807, 2.05) is 0 Å². The molecule has 0 saturated heterocycles. The predicted octanol–water partition coefficient (Wildman–Crippen LogP) is 0.113. The van der Waals surface area contributed by atoms with Gasteiger partial charge in [-0.3, -0.25) is 0 Å². The molecule has 0 aromatic heterocycles. The van der Waals surface area contributed by atoms with E-state index >= 15 is 0 Å². The van der Waals surface area contributed by atoms with Crippen molar-refractivity contribution in [2.24, 2.45) is 0 Å². The first kappa shape index (κ1) is 16.5. The van der Waals surface area contributed by atoms with E-state index in [0.29, 0.717) is 18.6 Å². The number of esters is 1. The van der Waals surface area contributed by atoms with Crippen molar-refractivity contribution in [3.05, 3.63) is 12.2 Å². The second-order valence-corrected chi connectivity index (χ2v) is 2.71. The molecule has 0 heterocycles. The van der Waals surface area contributed by atoms with E-state index in [4.69, 9.17) is 10.2 Å². The number of hydrogen-bond donors (Lipinski definition) is 2. The summed E-state index contributed by atoms with van der Waals surface area (Å²) >= 11 is 0. The molecule has 0 rings (SSSR count). The average Bonchev–Trinajstić information content (AvgIpc) is 2.20. The number of hydrogen-bond acceptors (Lipinski definition) is 5. The fourth-order valence-electron chi connectivity index (χ4n) is 0.444. The number of methoxy groups -OCH3 is 1.